The summed E-state index contributed by atoms with van der Waals surface area (Å²) in [6, 6.07) is 0. The maximum absolute atomic E-state index is 2.83. The lowest BCUT2D eigenvalue weighted by Crippen LogP contribution is -2.78. The highest BCUT2D eigenvalue weighted by Crippen LogP contribution is 2.42. The molecule has 4 aliphatic rings. The van der Waals surface area contributed by atoms with Crippen LogP contribution in [-0.2, 0) is 0 Å². The van der Waals surface area contributed by atoms with Crippen molar-refractivity contribution in [2.24, 2.45) is 0 Å². The minimum absolute atomic E-state index is 0.819. The van der Waals surface area contributed by atoms with Gasteiger partial charge in [-0.25, -0.2) is 9.80 Å². The van der Waals surface area contributed by atoms with Gasteiger partial charge in [0.1, 0.15) is 0 Å². The van der Waals surface area contributed by atoms with Crippen LogP contribution in [0.4, 0.5) is 0 Å². The lowest BCUT2D eigenvalue weighted by atomic mass is 10.1. The first-order chi connectivity index (χ1) is 8.75. The fraction of sp³-hybridized carbons (Fsp3) is 1.00. The van der Waals surface area contributed by atoms with Crippen molar-refractivity contribution in [2.45, 2.75) is 26.2 Å². The summed E-state index contributed by atoms with van der Waals surface area (Å²) < 4.78 is 2.81. The molecule has 0 N–H and O–H groups in total. The van der Waals surface area contributed by atoms with Crippen LogP contribution >= 0.6 is 0 Å². The summed E-state index contributed by atoms with van der Waals surface area (Å²) in [6.45, 7) is 18.6. The fourth-order valence-electron chi connectivity index (χ4n) is 5.46. The first-order valence-electron chi connectivity index (χ1n) is 7.94. The highest BCUT2D eigenvalue weighted by Gasteiger charge is 2.66. The van der Waals surface area contributed by atoms with Gasteiger partial charge in [-0.2, -0.15) is 0 Å². The summed E-state index contributed by atoms with van der Waals surface area (Å²) in [7, 11) is 0. The van der Waals surface area contributed by atoms with Crippen molar-refractivity contribution >= 4 is 0 Å². The normalized spacial score (nSPS) is 51.7. The van der Waals surface area contributed by atoms with E-state index in [4.69, 9.17) is 0 Å². The maximum atomic E-state index is 2.83. The SMILES string of the molecule is CC[N+]12CCN3CC[N+]4(CC)CCN(CC1)C4C32. The van der Waals surface area contributed by atoms with Crippen molar-refractivity contribution in [1.29, 1.82) is 0 Å². The predicted molar refractivity (Wildman–Crippen MR) is 71.8 cm³/mol. The summed E-state index contributed by atoms with van der Waals surface area (Å²) in [6.07, 6.45) is 1.64. The lowest BCUT2D eigenvalue weighted by molar-refractivity contribution is -1.02. The topological polar surface area (TPSA) is 6.48 Å². The minimum Gasteiger partial charge on any atom is -0.300 e. The van der Waals surface area contributed by atoms with E-state index in [1.54, 1.807) is 0 Å². The van der Waals surface area contributed by atoms with Gasteiger partial charge in [0.25, 0.3) is 0 Å². The average molecular weight is 252 g/mol. The number of hydrogen-bond acceptors (Lipinski definition) is 2. The molecule has 4 nitrogen and oxygen atoms in total. The monoisotopic (exact) mass is 252 g/mol. The van der Waals surface area contributed by atoms with E-state index in [-0.39, 0.29) is 0 Å². The smallest absolute Gasteiger partial charge is 0.214 e. The van der Waals surface area contributed by atoms with Crippen molar-refractivity contribution in [3.63, 3.8) is 0 Å². The molecule has 0 aromatic heterocycles. The molecule has 4 heteroatoms. The second-order valence-electron chi connectivity index (χ2n) is 6.86. The molecular formula is C14H28N4+2. The quantitative estimate of drug-likeness (QED) is 0.637. The van der Waals surface area contributed by atoms with E-state index < -0.39 is 0 Å². The van der Waals surface area contributed by atoms with Crippen LogP contribution in [0.1, 0.15) is 13.8 Å². The first-order valence-corrected chi connectivity index (χ1v) is 7.94. The second-order valence-corrected chi connectivity index (χ2v) is 6.86. The molecule has 0 aromatic carbocycles. The van der Waals surface area contributed by atoms with Crippen LogP contribution in [-0.4, -0.2) is 96.5 Å². The number of rotatable bonds is 2. The number of nitrogens with zero attached hydrogens (tertiary/aromatic N) is 4. The van der Waals surface area contributed by atoms with Gasteiger partial charge in [-0.1, -0.05) is 0 Å². The van der Waals surface area contributed by atoms with Gasteiger partial charge in [-0.15, -0.1) is 0 Å². The molecule has 0 aromatic rings. The Kier molecular flexibility index (Phi) is 2.39. The van der Waals surface area contributed by atoms with Crippen LogP contribution in [0.5, 0.6) is 0 Å². The maximum Gasteiger partial charge on any atom is 0.214 e. The Bertz CT molecular complexity index is 326. The Morgan fingerprint density at radius 3 is 1.33 bits per heavy atom. The van der Waals surface area contributed by atoms with Crippen LogP contribution < -0.4 is 0 Å². The molecule has 0 aliphatic carbocycles. The van der Waals surface area contributed by atoms with Crippen LogP contribution in [0.2, 0.25) is 0 Å². The lowest BCUT2D eigenvalue weighted by Gasteiger charge is -2.56. The van der Waals surface area contributed by atoms with Crippen LogP contribution in [0.25, 0.3) is 0 Å². The molecule has 0 bridgehead atoms. The first kappa shape index (κ1) is 11.6. The summed E-state index contributed by atoms with van der Waals surface area (Å²) in [4.78, 5) is 5.66. The largest absolute Gasteiger partial charge is 0.300 e. The minimum atomic E-state index is 0.819. The van der Waals surface area contributed by atoms with E-state index in [2.05, 4.69) is 23.6 Å². The molecule has 4 saturated heterocycles. The van der Waals surface area contributed by atoms with Gasteiger partial charge in [0.15, 0.2) is 0 Å². The van der Waals surface area contributed by atoms with Crippen LogP contribution in [0.3, 0.4) is 0 Å². The second kappa shape index (κ2) is 3.69. The molecule has 4 fully saturated rings. The molecule has 18 heavy (non-hydrogen) atoms. The molecule has 102 valence electrons. The average Bonchev–Trinajstić information content (AvgIpc) is 2.96. The van der Waals surface area contributed by atoms with Crippen molar-refractivity contribution in [1.82, 2.24) is 9.80 Å². The van der Waals surface area contributed by atoms with E-state index >= 15 is 0 Å². The molecule has 4 heterocycles. The van der Waals surface area contributed by atoms with Crippen molar-refractivity contribution in [2.75, 3.05) is 65.4 Å². The zero-order valence-electron chi connectivity index (χ0n) is 12.0. The Morgan fingerprint density at radius 2 is 1.06 bits per heavy atom. The number of hydrogen-bond donors (Lipinski definition) is 0. The van der Waals surface area contributed by atoms with Gasteiger partial charge in [0, 0.05) is 0 Å². The van der Waals surface area contributed by atoms with Gasteiger partial charge in [-0.05, 0) is 13.8 Å². The van der Waals surface area contributed by atoms with E-state index in [0.29, 0.717) is 0 Å². The van der Waals surface area contributed by atoms with Gasteiger partial charge in [-0.3, -0.25) is 0 Å². The van der Waals surface area contributed by atoms with Crippen LogP contribution in [0, 0.1) is 0 Å². The molecular weight excluding hydrogens is 224 g/mol. The zero-order valence-corrected chi connectivity index (χ0v) is 12.0. The molecule has 2 atom stereocenters. The Morgan fingerprint density at radius 1 is 0.722 bits per heavy atom. The number of quaternary nitrogens is 2. The van der Waals surface area contributed by atoms with E-state index in [0.717, 1.165) is 12.3 Å². The molecule has 4 aliphatic heterocycles. The summed E-state index contributed by atoms with van der Waals surface area (Å²) in [5, 5.41) is 0. The van der Waals surface area contributed by atoms with Gasteiger partial charge in [0.05, 0.1) is 65.4 Å². The van der Waals surface area contributed by atoms with E-state index in [1.165, 1.54) is 74.4 Å². The Labute approximate surface area is 111 Å². The molecule has 0 amide bonds. The van der Waals surface area contributed by atoms with E-state index in [9.17, 15) is 0 Å². The van der Waals surface area contributed by atoms with Crippen molar-refractivity contribution in [3.8, 4) is 0 Å². The van der Waals surface area contributed by atoms with Crippen LogP contribution in [0.15, 0.2) is 0 Å². The Balaban J connectivity index is 1.78. The summed E-state index contributed by atoms with van der Waals surface area (Å²) >= 11 is 0. The highest BCUT2D eigenvalue weighted by atomic mass is 15.7. The van der Waals surface area contributed by atoms with Gasteiger partial charge in [0.2, 0.25) is 12.3 Å². The summed E-state index contributed by atoms with van der Waals surface area (Å²) in [5.74, 6) is 0. The third kappa shape index (κ3) is 1.20. The third-order valence-electron chi connectivity index (χ3n) is 6.73. The molecule has 0 radical (unpaired) electrons. The molecule has 4 rings (SSSR count). The van der Waals surface area contributed by atoms with E-state index in [1.807, 2.05) is 0 Å². The fourth-order valence-corrected chi connectivity index (χ4v) is 5.46. The molecule has 0 spiro atoms. The zero-order chi connectivity index (χ0) is 12.4. The van der Waals surface area contributed by atoms with Gasteiger partial charge >= 0.3 is 0 Å². The van der Waals surface area contributed by atoms with Crippen molar-refractivity contribution in [3.05, 3.63) is 0 Å². The van der Waals surface area contributed by atoms with Crippen molar-refractivity contribution < 1.29 is 8.97 Å². The summed E-state index contributed by atoms with van der Waals surface area (Å²) in [5.41, 5.74) is 0. The molecule has 0 saturated carbocycles. The number of likely N-dealkylation sites (N-methyl/N-ethyl adjacent to an activating group) is 2. The third-order valence-corrected chi connectivity index (χ3v) is 6.73. The standard InChI is InChI=1S/C14H28N4/c1-3-17-9-5-15-8-12-18(4-2)10-6-16(7-11-17)14(18)13(15)17/h13-14H,3-12H2,1-2H3/q+2. The Hall–Kier alpha value is -0.160. The predicted octanol–water partition coefficient (Wildman–Crippen LogP) is -0.0296. The molecule has 2 unspecified atom stereocenters. The highest BCUT2D eigenvalue weighted by molar-refractivity contribution is 4.91. The van der Waals surface area contributed by atoms with Gasteiger partial charge < -0.3 is 8.97 Å². The number of piperazine rings is 2.